The summed E-state index contributed by atoms with van der Waals surface area (Å²) in [6.07, 6.45) is -12.8. The molecular weight excluding hydrogens is 612 g/mol. The van der Waals surface area contributed by atoms with Gasteiger partial charge in [0.15, 0.2) is 0 Å². The Morgan fingerprint density at radius 2 is 1.56 bits per heavy atom. The number of ether oxygens (including phenoxy) is 1. The highest BCUT2D eigenvalue weighted by Crippen LogP contribution is 2.47. The van der Waals surface area contributed by atoms with Gasteiger partial charge >= 0.3 is 23.9 Å². The Labute approximate surface area is 164 Å². The molecule has 0 N–H and O–H groups in total. The van der Waals surface area contributed by atoms with Crippen molar-refractivity contribution in [2.45, 2.75) is 18.0 Å². The van der Waals surface area contributed by atoms with Crippen LogP contribution in [-0.2, 0) is 14.9 Å². The number of rotatable bonds is 4. The molecule has 5 nitrogen and oxygen atoms in total. The summed E-state index contributed by atoms with van der Waals surface area (Å²) in [5.74, 6) is -5.10. The van der Waals surface area contributed by atoms with Crippen LogP contribution in [0, 0.1) is 7.14 Å². The van der Waals surface area contributed by atoms with Crippen molar-refractivity contribution in [2.24, 2.45) is 0 Å². The molecule has 1 aromatic rings. The summed E-state index contributed by atoms with van der Waals surface area (Å²) in [6, 6.07) is 3.40. The summed E-state index contributed by atoms with van der Waals surface area (Å²) in [4.78, 5) is 11.8. The van der Waals surface area contributed by atoms with Crippen LogP contribution in [0.3, 0.4) is 0 Å². The van der Waals surface area contributed by atoms with Crippen LogP contribution in [0.5, 0.6) is 0 Å². The average Bonchev–Trinajstić information content (AvgIpc) is 2.33. The second kappa shape index (κ2) is 7.34. The lowest BCUT2D eigenvalue weighted by Gasteiger charge is -2.36. The van der Waals surface area contributed by atoms with E-state index in [4.69, 9.17) is 0 Å². The molecule has 0 heterocycles. The summed E-state index contributed by atoms with van der Waals surface area (Å²) in [5.41, 5.74) is -6.13. The molecule has 0 saturated heterocycles. The third kappa shape index (κ3) is 5.31. The molecule has 0 atom stereocenters. The zero-order valence-corrected chi connectivity index (χ0v) is 16.5. The van der Waals surface area contributed by atoms with Gasteiger partial charge in [-0.2, -0.15) is 26.3 Å². The van der Waals surface area contributed by atoms with Gasteiger partial charge in [-0.05, 0) is 63.4 Å². The van der Waals surface area contributed by atoms with Gasteiger partial charge in [-0.15, -0.1) is 0 Å². The van der Waals surface area contributed by atoms with Crippen molar-refractivity contribution in [1.29, 1.82) is 0 Å². The molecule has 0 unspecified atom stereocenters. The molecule has 0 saturated carbocycles. The second-order valence-electron chi connectivity index (χ2n) is 4.54. The van der Waals surface area contributed by atoms with E-state index in [1.165, 1.54) is 34.7 Å². The Morgan fingerprint density at radius 3 is 1.92 bits per heavy atom. The molecule has 0 aromatic heterocycles. The zero-order valence-electron chi connectivity index (χ0n) is 11.4. The Kier molecular flexibility index (Phi) is 6.66. The van der Waals surface area contributed by atoms with Crippen LogP contribution in [0.25, 0.3) is 0 Å². The van der Waals surface area contributed by atoms with Gasteiger partial charge in [0.25, 0.3) is 0 Å². The molecule has 0 amide bonds. The number of halogens is 8. The predicted molar refractivity (Wildman–Crippen MR) is 86.7 cm³/mol. The molecule has 1 rings (SSSR count). The fourth-order valence-electron chi connectivity index (χ4n) is 1.59. The molecule has 14 heteroatoms. The second-order valence-corrected chi connectivity index (χ2v) is 8.35. The van der Waals surface area contributed by atoms with E-state index in [1.807, 2.05) is 0 Å². The average molecular weight is 617 g/mol. The lowest BCUT2D eigenvalue weighted by Crippen LogP contribution is -2.63. The maximum atomic E-state index is 13.0. The number of hydrogen-bond donors (Lipinski definition) is 0. The van der Waals surface area contributed by atoms with Gasteiger partial charge in [0.2, 0.25) is 0 Å². The lowest BCUT2D eigenvalue weighted by atomic mass is 10.1. The number of esters is 1. The standard InChI is InChI=1S/C11H6F6I2O5S/c12-10(13,14)9(11(15,16)17,4-25(21,22)23)24-8(20)6-2-1-5(18)3-7(6)19/h1-3H,4H2,(H,21,22,23)/p-1. The van der Waals surface area contributed by atoms with Gasteiger partial charge in [-0.25, -0.2) is 13.2 Å². The first-order valence-electron chi connectivity index (χ1n) is 5.75. The fraction of sp³-hybridized carbons (Fsp3) is 0.364. The summed E-state index contributed by atoms with van der Waals surface area (Å²) >= 11 is 3.25. The molecule has 0 bridgehead atoms. The summed E-state index contributed by atoms with van der Waals surface area (Å²) in [5, 5.41) is 0. The van der Waals surface area contributed by atoms with Crippen molar-refractivity contribution >= 4 is 61.3 Å². The minimum Gasteiger partial charge on any atom is -0.748 e. The van der Waals surface area contributed by atoms with Crippen LogP contribution in [0.2, 0.25) is 0 Å². The smallest absolute Gasteiger partial charge is 0.438 e. The highest BCUT2D eigenvalue weighted by Gasteiger charge is 2.75. The van der Waals surface area contributed by atoms with Crippen LogP contribution in [0.15, 0.2) is 18.2 Å². The Bertz CT molecular complexity index is 760. The first-order chi connectivity index (χ1) is 11.0. The van der Waals surface area contributed by atoms with E-state index in [9.17, 15) is 44.1 Å². The molecule has 0 aliphatic rings. The van der Waals surface area contributed by atoms with Crippen molar-refractivity contribution in [3.63, 3.8) is 0 Å². The monoisotopic (exact) mass is 617 g/mol. The number of alkyl halides is 6. The Balaban J connectivity index is 3.50. The quantitative estimate of drug-likeness (QED) is 0.224. The van der Waals surface area contributed by atoms with Crippen molar-refractivity contribution in [3.8, 4) is 0 Å². The summed E-state index contributed by atoms with van der Waals surface area (Å²) in [7, 11) is -6.06. The normalized spacial score (nSPS) is 13.6. The minimum atomic E-state index is -6.40. The summed E-state index contributed by atoms with van der Waals surface area (Å²) < 4.78 is 114. The van der Waals surface area contributed by atoms with E-state index >= 15 is 0 Å². The molecule has 0 fully saturated rings. The van der Waals surface area contributed by atoms with Gasteiger partial charge < -0.3 is 9.29 Å². The maximum Gasteiger partial charge on any atom is 0.438 e. The maximum absolute atomic E-state index is 13.0. The van der Waals surface area contributed by atoms with Crippen molar-refractivity contribution in [2.75, 3.05) is 5.75 Å². The van der Waals surface area contributed by atoms with Gasteiger partial charge in [0.1, 0.15) is 0 Å². The number of hydrogen-bond acceptors (Lipinski definition) is 5. The summed E-state index contributed by atoms with van der Waals surface area (Å²) in [6.45, 7) is 0. The van der Waals surface area contributed by atoms with E-state index < -0.39 is 45.4 Å². The SMILES string of the molecule is O=C(OC(CS(=O)(=O)[O-])(C(F)(F)F)C(F)(F)F)c1ccc(I)cc1I. The third-order valence-corrected chi connectivity index (χ3v) is 5.04. The Morgan fingerprint density at radius 1 is 1.08 bits per heavy atom. The van der Waals surface area contributed by atoms with Crippen molar-refractivity contribution in [1.82, 2.24) is 0 Å². The molecule has 0 spiro atoms. The van der Waals surface area contributed by atoms with Gasteiger partial charge in [-0.3, -0.25) is 0 Å². The molecule has 25 heavy (non-hydrogen) atoms. The van der Waals surface area contributed by atoms with Crippen molar-refractivity contribution < 1.29 is 48.8 Å². The van der Waals surface area contributed by atoms with E-state index in [-0.39, 0.29) is 3.57 Å². The van der Waals surface area contributed by atoms with Crippen molar-refractivity contribution in [3.05, 3.63) is 30.9 Å². The van der Waals surface area contributed by atoms with Crippen LogP contribution in [-0.4, -0.2) is 42.6 Å². The van der Waals surface area contributed by atoms with Crippen LogP contribution in [0.4, 0.5) is 26.3 Å². The van der Waals surface area contributed by atoms with Crippen LogP contribution >= 0.6 is 45.2 Å². The number of carbonyl (C=O) groups is 1. The highest BCUT2D eigenvalue weighted by molar-refractivity contribution is 14.1. The number of benzene rings is 1. The molecule has 0 aliphatic heterocycles. The number of carbonyl (C=O) groups excluding carboxylic acids is 1. The van der Waals surface area contributed by atoms with E-state index in [0.717, 1.165) is 6.07 Å². The molecule has 0 radical (unpaired) electrons. The zero-order chi connectivity index (χ0) is 19.8. The lowest BCUT2D eigenvalue weighted by molar-refractivity contribution is -0.356. The van der Waals surface area contributed by atoms with Crippen LogP contribution in [0.1, 0.15) is 10.4 Å². The first-order valence-corrected chi connectivity index (χ1v) is 9.49. The van der Waals surface area contributed by atoms with Gasteiger partial charge in [0.05, 0.1) is 21.4 Å². The minimum absolute atomic E-state index is 0.0299. The highest BCUT2D eigenvalue weighted by atomic mass is 127. The fourth-order valence-corrected chi connectivity index (χ4v) is 4.29. The Hall–Kier alpha value is -0.360. The molecule has 142 valence electrons. The molecule has 0 aliphatic carbocycles. The third-order valence-electron chi connectivity index (χ3n) is 2.71. The van der Waals surface area contributed by atoms with E-state index in [1.54, 1.807) is 22.6 Å². The topological polar surface area (TPSA) is 83.5 Å². The molecular formula is C11H5F6I2O5S-. The first kappa shape index (κ1) is 22.7. The molecule has 1 aromatic carbocycles. The van der Waals surface area contributed by atoms with Gasteiger partial charge in [-0.1, -0.05) is 0 Å². The van der Waals surface area contributed by atoms with Gasteiger partial charge in [0, 0.05) is 7.14 Å². The largest absolute Gasteiger partial charge is 0.748 e. The predicted octanol–water partition coefficient (Wildman–Crippen LogP) is 3.46. The van der Waals surface area contributed by atoms with E-state index in [0.29, 0.717) is 3.57 Å². The van der Waals surface area contributed by atoms with E-state index in [2.05, 4.69) is 4.74 Å². The van der Waals surface area contributed by atoms with Crippen LogP contribution < -0.4 is 0 Å².